The van der Waals surface area contributed by atoms with Gasteiger partial charge in [-0.2, -0.15) is 4.98 Å². The summed E-state index contributed by atoms with van der Waals surface area (Å²) in [6.45, 7) is 3.58. The van der Waals surface area contributed by atoms with Crippen LogP contribution in [0.25, 0.3) is 0 Å². The summed E-state index contributed by atoms with van der Waals surface area (Å²) in [5.74, 6) is 0.208. The van der Waals surface area contributed by atoms with E-state index in [0.717, 1.165) is 0 Å². The van der Waals surface area contributed by atoms with Gasteiger partial charge >= 0.3 is 5.69 Å². The van der Waals surface area contributed by atoms with Crippen molar-refractivity contribution in [3.05, 3.63) is 35.4 Å². The van der Waals surface area contributed by atoms with Crippen molar-refractivity contribution in [1.82, 2.24) is 9.55 Å². The number of hydrogen-bond acceptors (Lipinski definition) is 4. The highest BCUT2D eigenvalue weighted by Gasteiger charge is 2.09. The predicted octanol–water partition coefficient (Wildman–Crippen LogP) is 0.547. The first kappa shape index (κ1) is 10.5. The molecule has 1 aromatic heterocycles. The Hall–Kier alpha value is -1.62. The first-order valence-corrected chi connectivity index (χ1v) is 4.17. The van der Waals surface area contributed by atoms with Crippen molar-refractivity contribution in [3.63, 3.8) is 0 Å². The zero-order chi connectivity index (χ0) is 10.6. The van der Waals surface area contributed by atoms with E-state index >= 15 is 0 Å². The third-order valence-electron chi connectivity index (χ3n) is 1.80. The lowest BCUT2D eigenvalue weighted by molar-refractivity contribution is 0.0429. The molecule has 1 heterocycles. The molecule has 5 heteroatoms. The highest BCUT2D eigenvalue weighted by Crippen LogP contribution is 2.09. The monoisotopic (exact) mass is 195 g/mol. The smallest absolute Gasteiger partial charge is 0.351 e. The van der Waals surface area contributed by atoms with E-state index in [4.69, 9.17) is 10.5 Å². The minimum atomic E-state index is -0.418. The molecular formula is C9H13N3O2. The van der Waals surface area contributed by atoms with Crippen molar-refractivity contribution in [2.45, 2.75) is 12.6 Å². The van der Waals surface area contributed by atoms with Gasteiger partial charge in [-0.05, 0) is 6.07 Å². The molecule has 0 aliphatic heterocycles. The molecule has 14 heavy (non-hydrogen) atoms. The number of aromatic nitrogens is 2. The summed E-state index contributed by atoms with van der Waals surface area (Å²) in [5.41, 5.74) is 4.94. The third-order valence-corrected chi connectivity index (χ3v) is 1.80. The summed E-state index contributed by atoms with van der Waals surface area (Å²) >= 11 is 0. The quantitative estimate of drug-likeness (QED) is 0.712. The molecule has 0 bridgehead atoms. The summed E-state index contributed by atoms with van der Waals surface area (Å²) in [6, 6.07) is 1.55. The van der Waals surface area contributed by atoms with E-state index in [0.29, 0.717) is 6.42 Å². The Morgan fingerprint density at radius 3 is 3.07 bits per heavy atom. The summed E-state index contributed by atoms with van der Waals surface area (Å²) in [5, 5.41) is 0. The van der Waals surface area contributed by atoms with Gasteiger partial charge in [-0.3, -0.25) is 4.57 Å². The minimum absolute atomic E-state index is 0.208. The standard InChI is InChI=1S/C9H13N3O2/c1-3-4-8(14-2)12-6-5-7(10)11-9(12)13/h3,5-6,8H,1,4H2,2H3,(H2,10,11,13)/t8-/m1/s1. The Morgan fingerprint density at radius 1 is 1.86 bits per heavy atom. The molecule has 0 amide bonds. The molecule has 0 spiro atoms. The molecule has 76 valence electrons. The number of rotatable bonds is 4. The van der Waals surface area contributed by atoms with Crippen LogP contribution >= 0.6 is 0 Å². The van der Waals surface area contributed by atoms with Gasteiger partial charge in [0.1, 0.15) is 12.0 Å². The summed E-state index contributed by atoms with van der Waals surface area (Å²) in [4.78, 5) is 15.0. The van der Waals surface area contributed by atoms with Gasteiger partial charge in [-0.25, -0.2) is 4.79 Å². The highest BCUT2D eigenvalue weighted by molar-refractivity contribution is 5.23. The molecule has 0 aliphatic carbocycles. The molecule has 0 radical (unpaired) electrons. The molecule has 0 saturated heterocycles. The Morgan fingerprint density at radius 2 is 2.57 bits per heavy atom. The number of methoxy groups -OCH3 is 1. The van der Waals surface area contributed by atoms with Crippen molar-refractivity contribution >= 4 is 5.82 Å². The van der Waals surface area contributed by atoms with Crippen molar-refractivity contribution < 1.29 is 4.74 Å². The van der Waals surface area contributed by atoms with Crippen molar-refractivity contribution in [2.24, 2.45) is 0 Å². The van der Waals surface area contributed by atoms with Crippen LogP contribution in [-0.2, 0) is 4.74 Å². The maximum Gasteiger partial charge on any atom is 0.351 e. The van der Waals surface area contributed by atoms with E-state index in [1.807, 2.05) is 0 Å². The van der Waals surface area contributed by atoms with Crippen LogP contribution in [0, 0.1) is 0 Å². The maximum atomic E-state index is 11.4. The molecule has 5 nitrogen and oxygen atoms in total. The van der Waals surface area contributed by atoms with E-state index in [2.05, 4.69) is 11.6 Å². The van der Waals surface area contributed by atoms with Gasteiger partial charge in [0, 0.05) is 19.7 Å². The van der Waals surface area contributed by atoms with E-state index in [9.17, 15) is 4.79 Å². The lowest BCUT2D eigenvalue weighted by atomic mass is 10.3. The van der Waals surface area contributed by atoms with Gasteiger partial charge in [0.05, 0.1) is 0 Å². The second-order valence-electron chi connectivity index (χ2n) is 2.76. The molecule has 2 N–H and O–H groups in total. The zero-order valence-electron chi connectivity index (χ0n) is 8.01. The molecule has 1 aromatic rings. The van der Waals surface area contributed by atoms with Crippen LogP contribution in [0.1, 0.15) is 12.6 Å². The summed E-state index contributed by atoms with van der Waals surface area (Å²) in [6.07, 6.45) is 3.41. The second-order valence-corrected chi connectivity index (χ2v) is 2.76. The number of anilines is 1. The minimum Gasteiger partial charge on any atom is -0.383 e. The Bertz CT molecular complexity index is 373. The second kappa shape index (κ2) is 4.57. The van der Waals surface area contributed by atoms with Gasteiger partial charge in [0.2, 0.25) is 0 Å². The molecule has 1 atom stereocenters. The fourth-order valence-electron chi connectivity index (χ4n) is 1.11. The fraction of sp³-hybridized carbons (Fsp3) is 0.333. The fourth-order valence-corrected chi connectivity index (χ4v) is 1.11. The Balaban J connectivity index is 3.04. The van der Waals surface area contributed by atoms with E-state index in [1.165, 1.54) is 11.7 Å². The average Bonchev–Trinajstić information content (AvgIpc) is 2.15. The highest BCUT2D eigenvalue weighted by atomic mass is 16.5. The molecule has 1 rings (SSSR count). The van der Waals surface area contributed by atoms with Crippen LogP contribution in [-0.4, -0.2) is 16.7 Å². The van der Waals surface area contributed by atoms with Crippen molar-refractivity contribution in [2.75, 3.05) is 12.8 Å². The Kier molecular flexibility index (Phi) is 3.41. The summed E-state index contributed by atoms with van der Waals surface area (Å²) in [7, 11) is 1.52. The van der Waals surface area contributed by atoms with Crippen molar-refractivity contribution in [1.29, 1.82) is 0 Å². The number of nitrogens with zero attached hydrogens (tertiary/aromatic N) is 2. The molecule has 0 aromatic carbocycles. The molecule has 0 fully saturated rings. The Labute approximate surface area is 81.8 Å². The first-order valence-electron chi connectivity index (χ1n) is 4.17. The number of nitrogens with two attached hydrogens (primary N) is 1. The largest absolute Gasteiger partial charge is 0.383 e. The van der Waals surface area contributed by atoms with Crippen molar-refractivity contribution in [3.8, 4) is 0 Å². The molecule has 0 unspecified atom stereocenters. The normalized spacial score (nSPS) is 12.4. The van der Waals surface area contributed by atoms with Gasteiger partial charge in [-0.15, -0.1) is 6.58 Å². The molecular weight excluding hydrogens is 182 g/mol. The molecule has 0 saturated carbocycles. The van der Waals surface area contributed by atoms with E-state index in [1.54, 1.807) is 18.3 Å². The van der Waals surface area contributed by atoms with Crippen LogP contribution in [0.4, 0.5) is 5.82 Å². The van der Waals surface area contributed by atoms with Crippen LogP contribution in [0.5, 0.6) is 0 Å². The molecule has 0 aliphatic rings. The topological polar surface area (TPSA) is 70.1 Å². The van der Waals surface area contributed by atoms with Crippen LogP contribution in [0.3, 0.4) is 0 Å². The lowest BCUT2D eigenvalue weighted by Gasteiger charge is -2.15. The lowest BCUT2D eigenvalue weighted by Crippen LogP contribution is -2.27. The zero-order valence-corrected chi connectivity index (χ0v) is 8.01. The van der Waals surface area contributed by atoms with Crippen LogP contribution in [0.15, 0.2) is 29.7 Å². The number of hydrogen-bond donors (Lipinski definition) is 1. The maximum absolute atomic E-state index is 11.4. The van der Waals surface area contributed by atoms with Gasteiger partial charge in [0.15, 0.2) is 0 Å². The van der Waals surface area contributed by atoms with Crippen LogP contribution < -0.4 is 11.4 Å². The van der Waals surface area contributed by atoms with E-state index < -0.39 is 5.69 Å². The van der Waals surface area contributed by atoms with Gasteiger partial charge in [-0.1, -0.05) is 6.08 Å². The average molecular weight is 195 g/mol. The first-order chi connectivity index (χ1) is 6.69. The number of nitrogen functional groups attached to an aromatic ring is 1. The number of ether oxygens (including phenoxy) is 1. The van der Waals surface area contributed by atoms with Crippen LogP contribution in [0.2, 0.25) is 0 Å². The van der Waals surface area contributed by atoms with Gasteiger partial charge in [0.25, 0.3) is 0 Å². The predicted molar refractivity (Wildman–Crippen MR) is 53.8 cm³/mol. The SMILES string of the molecule is C=CC[C@@H](OC)n1ccc(N)nc1=O. The van der Waals surface area contributed by atoms with E-state index in [-0.39, 0.29) is 12.0 Å². The summed E-state index contributed by atoms with van der Waals surface area (Å²) < 4.78 is 6.48. The van der Waals surface area contributed by atoms with Gasteiger partial charge < -0.3 is 10.5 Å². The third kappa shape index (κ3) is 2.20.